The van der Waals surface area contributed by atoms with Crippen LogP contribution in [0.1, 0.15) is 27.0 Å². The molecule has 0 unspecified atom stereocenters. The van der Waals surface area contributed by atoms with E-state index >= 15 is 0 Å². The van der Waals surface area contributed by atoms with Crippen molar-refractivity contribution in [3.05, 3.63) is 64.7 Å². The fourth-order valence-electron chi connectivity index (χ4n) is 2.70. The number of amides is 1. The highest BCUT2D eigenvalue weighted by Crippen LogP contribution is 2.24. The molecule has 3 nitrogen and oxygen atoms in total. The van der Waals surface area contributed by atoms with Crippen LogP contribution >= 0.6 is 0 Å². The highest BCUT2D eigenvalue weighted by Gasteiger charge is 2.22. The van der Waals surface area contributed by atoms with E-state index in [9.17, 15) is 9.90 Å². The van der Waals surface area contributed by atoms with Crippen LogP contribution in [0, 0.1) is 6.92 Å². The molecule has 1 heterocycles. The van der Waals surface area contributed by atoms with Crippen molar-refractivity contribution in [3.63, 3.8) is 0 Å². The van der Waals surface area contributed by atoms with E-state index in [0.717, 1.165) is 29.7 Å². The lowest BCUT2D eigenvalue weighted by Crippen LogP contribution is -2.36. The summed E-state index contributed by atoms with van der Waals surface area (Å²) in [6.07, 6.45) is 0.841. The van der Waals surface area contributed by atoms with Gasteiger partial charge in [0.1, 0.15) is 5.75 Å². The number of nitrogens with zero attached hydrogens (tertiary/aromatic N) is 1. The van der Waals surface area contributed by atoms with Crippen molar-refractivity contribution in [1.29, 1.82) is 0 Å². The Balaban J connectivity index is 1.87. The number of phenolic OH excluding ortho intramolecular Hbond substituents is 1. The van der Waals surface area contributed by atoms with E-state index in [1.165, 1.54) is 5.56 Å². The summed E-state index contributed by atoms with van der Waals surface area (Å²) >= 11 is 0. The number of hydrogen-bond acceptors (Lipinski definition) is 2. The minimum atomic E-state index is 0.0668. The molecule has 1 amide bonds. The van der Waals surface area contributed by atoms with Crippen LogP contribution in [0.15, 0.2) is 42.5 Å². The topological polar surface area (TPSA) is 40.5 Å². The molecule has 3 heteroatoms. The highest BCUT2D eigenvalue weighted by molar-refractivity contribution is 5.95. The Hall–Kier alpha value is -2.29. The van der Waals surface area contributed by atoms with E-state index in [1.807, 2.05) is 42.2 Å². The first kappa shape index (κ1) is 12.7. The maximum atomic E-state index is 12.6. The summed E-state index contributed by atoms with van der Waals surface area (Å²) in [7, 11) is 0. The van der Waals surface area contributed by atoms with Crippen molar-refractivity contribution < 1.29 is 9.90 Å². The average Bonchev–Trinajstić information content (AvgIpc) is 2.46. The van der Waals surface area contributed by atoms with Crippen molar-refractivity contribution in [2.75, 3.05) is 6.54 Å². The summed E-state index contributed by atoms with van der Waals surface area (Å²) in [5.41, 5.74) is 4.02. The zero-order chi connectivity index (χ0) is 14.1. The second-order valence-corrected chi connectivity index (χ2v) is 5.24. The normalized spacial score (nSPS) is 13.9. The van der Waals surface area contributed by atoms with Crippen molar-refractivity contribution in [1.82, 2.24) is 4.90 Å². The van der Waals surface area contributed by atoms with Gasteiger partial charge in [0.05, 0.1) is 0 Å². The monoisotopic (exact) mass is 267 g/mol. The molecule has 0 fully saturated rings. The van der Waals surface area contributed by atoms with Crippen LogP contribution < -0.4 is 0 Å². The number of carbonyl (C=O) groups is 1. The zero-order valence-electron chi connectivity index (χ0n) is 11.5. The molecule has 0 bridgehead atoms. The smallest absolute Gasteiger partial charge is 0.254 e. The van der Waals surface area contributed by atoms with Crippen LogP contribution in [-0.2, 0) is 13.0 Å². The lowest BCUT2D eigenvalue weighted by atomic mass is 9.98. The molecular formula is C17H17NO2. The van der Waals surface area contributed by atoms with Crippen molar-refractivity contribution in [3.8, 4) is 5.75 Å². The van der Waals surface area contributed by atoms with Crippen LogP contribution in [0.25, 0.3) is 0 Å². The van der Waals surface area contributed by atoms with Gasteiger partial charge in [-0.05, 0) is 48.2 Å². The zero-order valence-corrected chi connectivity index (χ0v) is 11.5. The maximum absolute atomic E-state index is 12.6. The fourth-order valence-corrected chi connectivity index (χ4v) is 2.70. The molecule has 1 aliphatic heterocycles. The van der Waals surface area contributed by atoms with Gasteiger partial charge in [0.2, 0.25) is 0 Å². The lowest BCUT2D eigenvalue weighted by molar-refractivity contribution is 0.0733. The van der Waals surface area contributed by atoms with Crippen molar-refractivity contribution in [2.45, 2.75) is 19.9 Å². The average molecular weight is 267 g/mol. The third-order valence-electron chi connectivity index (χ3n) is 3.86. The number of phenols is 1. The van der Waals surface area contributed by atoms with Crippen LogP contribution in [0.4, 0.5) is 0 Å². The van der Waals surface area contributed by atoms with Gasteiger partial charge < -0.3 is 10.0 Å². The Kier molecular flexibility index (Phi) is 3.18. The second kappa shape index (κ2) is 5.00. The molecule has 0 saturated heterocycles. The summed E-state index contributed by atoms with van der Waals surface area (Å²) in [6, 6.07) is 13.1. The Morgan fingerprint density at radius 3 is 2.75 bits per heavy atom. The van der Waals surface area contributed by atoms with Gasteiger partial charge in [0.15, 0.2) is 0 Å². The summed E-state index contributed by atoms with van der Waals surface area (Å²) in [5.74, 6) is 0.325. The highest BCUT2D eigenvalue weighted by atomic mass is 16.3. The number of carbonyl (C=O) groups excluding carboxylic acids is 1. The predicted octanol–water partition coefficient (Wildman–Crippen LogP) is 2.90. The number of benzene rings is 2. The number of hydrogen-bond donors (Lipinski definition) is 1. The standard InChI is InChI=1S/C17H17NO2/c1-12-4-2-3-5-16(12)17(20)18-9-8-13-6-7-15(19)10-14(13)11-18/h2-7,10,19H,8-9,11H2,1H3. The first-order chi connectivity index (χ1) is 9.65. The SMILES string of the molecule is Cc1ccccc1C(=O)N1CCc2ccc(O)cc2C1. The third kappa shape index (κ3) is 2.27. The van der Waals surface area contributed by atoms with Gasteiger partial charge in [-0.15, -0.1) is 0 Å². The van der Waals surface area contributed by atoms with Crippen LogP contribution in [-0.4, -0.2) is 22.5 Å². The molecule has 0 aromatic heterocycles. The van der Waals surface area contributed by atoms with Gasteiger partial charge in [-0.25, -0.2) is 0 Å². The number of rotatable bonds is 1. The Labute approximate surface area is 118 Å². The Morgan fingerprint density at radius 2 is 1.95 bits per heavy atom. The first-order valence-electron chi connectivity index (χ1n) is 6.81. The van der Waals surface area contributed by atoms with Gasteiger partial charge in [0.25, 0.3) is 5.91 Å². The van der Waals surface area contributed by atoms with E-state index in [-0.39, 0.29) is 11.7 Å². The van der Waals surface area contributed by atoms with Crippen LogP contribution in [0.3, 0.4) is 0 Å². The summed E-state index contributed by atoms with van der Waals surface area (Å²) in [6.45, 7) is 3.25. The van der Waals surface area contributed by atoms with Crippen molar-refractivity contribution >= 4 is 5.91 Å². The van der Waals surface area contributed by atoms with Crippen LogP contribution in [0.2, 0.25) is 0 Å². The van der Waals surface area contributed by atoms with Crippen LogP contribution in [0.5, 0.6) is 5.75 Å². The number of aryl methyl sites for hydroxylation is 1. The molecule has 2 aromatic carbocycles. The Morgan fingerprint density at radius 1 is 1.15 bits per heavy atom. The largest absolute Gasteiger partial charge is 0.508 e. The molecular weight excluding hydrogens is 250 g/mol. The molecule has 1 aliphatic rings. The van der Waals surface area contributed by atoms with Gasteiger partial charge in [0, 0.05) is 18.7 Å². The van der Waals surface area contributed by atoms with Gasteiger partial charge >= 0.3 is 0 Å². The van der Waals surface area contributed by atoms with E-state index < -0.39 is 0 Å². The molecule has 0 atom stereocenters. The minimum Gasteiger partial charge on any atom is -0.508 e. The van der Waals surface area contributed by atoms with Gasteiger partial charge in [-0.3, -0.25) is 4.79 Å². The lowest BCUT2D eigenvalue weighted by Gasteiger charge is -2.29. The van der Waals surface area contributed by atoms with E-state index in [0.29, 0.717) is 6.54 Å². The quantitative estimate of drug-likeness (QED) is 0.863. The van der Waals surface area contributed by atoms with Gasteiger partial charge in [-0.2, -0.15) is 0 Å². The molecule has 1 N–H and O–H groups in total. The third-order valence-corrected chi connectivity index (χ3v) is 3.86. The molecule has 0 saturated carbocycles. The maximum Gasteiger partial charge on any atom is 0.254 e. The summed E-state index contributed by atoms with van der Waals surface area (Å²) in [4.78, 5) is 14.4. The molecule has 102 valence electrons. The first-order valence-corrected chi connectivity index (χ1v) is 6.81. The Bertz CT molecular complexity index is 664. The molecule has 2 aromatic rings. The molecule has 0 radical (unpaired) electrons. The predicted molar refractivity (Wildman–Crippen MR) is 77.7 cm³/mol. The van der Waals surface area contributed by atoms with E-state index in [1.54, 1.807) is 12.1 Å². The number of aromatic hydroxyl groups is 1. The molecule has 20 heavy (non-hydrogen) atoms. The second-order valence-electron chi connectivity index (χ2n) is 5.24. The van der Waals surface area contributed by atoms with Crippen molar-refractivity contribution in [2.24, 2.45) is 0 Å². The summed E-state index contributed by atoms with van der Waals surface area (Å²) < 4.78 is 0. The number of fused-ring (bicyclic) bond motifs is 1. The fraction of sp³-hybridized carbons (Fsp3) is 0.235. The van der Waals surface area contributed by atoms with Gasteiger partial charge in [-0.1, -0.05) is 24.3 Å². The van der Waals surface area contributed by atoms with E-state index in [4.69, 9.17) is 0 Å². The summed E-state index contributed by atoms with van der Waals surface area (Å²) in [5, 5.41) is 9.57. The molecule has 3 rings (SSSR count). The molecule has 0 spiro atoms. The van der Waals surface area contributed by atoms with E-state index in [2.05, 4.69) is 0 Å². The minimum absolute atomic E-state index is 0.0668. The molecule has 0 aliphatic carbocycles.